The third-order valence-corrected chi connectivity index (χ3v) is 5.13. The Morgan fingerprint density at radius 3 is 2.92 bits per heavy atom. The van der Waals surface area contributed by atoms with Gasteiger partial charge in [-0.1, -0.05) is 11.3 Å². The highest BCUT2D eigenvalue weighted by Gasteiger charge is 2.21. The molecule has 130 valence electrons. The zero-order valence-corrected chi connectivity index (χ0v) is 14.3. The van der Waals surface area contributed by atoms with E-state index in [2.05, 4.69) is 20.4 Å². The second-order valence-corrected chi connectivity index (χ2v) is 7.05. The first-order valence-electron chi connectivity index (χ1n) is 8.15. The summed E-state index contributed by atoms with van der Waals surface area (Å²) in [6, 6.07) is 4.18. The van der Waals surface area contributed by atoms with Gasteiger partial charge in [0.05, 0.1) is 18.4 Å². The molecular formula is C16H18N6O2S. The third kappa shape index (κ3) is 3.62. The average molecular weight is 358 g/mol. The lowest BCUT2D eigenvalue weighted by molar-refractivity contribution is -0.138. The number of nitrogens with zero attached hydrogens (tertiary/aromatic N) is 5. The molecule has 4 rings (SSSR count). The molecule has 0 atom stereocenters. The molecule has 1 aliphatic heterocycles. The molecule has 0 bridgehead atoms. The van der Waals surface area contributed by atoms with Gasteiger partial charge >= 0.3 is 5.97 Å². The molecule has 0 radical (unpaired) electrons. The van der Waals surface area contributed by atoms with Crippen molar-refractivity contribution in [2.45, 2.75) is 18.9 Å². The van der Waals surface area contributed by atoms with E-state index < -0.39 is 5.97 Å². The summed E-state index contributed by atoms with van der Waals surface area (Å²) in [7, 11) is 0. The number of anilines is 1. The number of carbonyl (C=O) groups is 1. The summed E-state index contributed by atoms with van der Waals surface area (Å²) in [5.74, 6) is -0.767. The van der Waals surface area contributed by atoms with Crippen LogP contribution in [0.2, 0.25) is 0 Å². The van der Waals surface area contributed by atoms with Gasteiger partial charge in [0.25, 0.3) is 0 Å². The number of carboxylic acid groups (broad SMARTS) is 1. The molecule has 3 aromatic rings. The fourth-order valence-corrected chi connectivity index (χ4v) is 3.87. The number of aromatic nitrogens is 4. The van der Waals surface area contributed by atoms with Crippen molar-refractivity contribution < 1.29 is 9.90 Å². The highest BCUT2D eigenvalue weighted by Crippen LogP contribution is 2.25. The normalized spacial score (nSPS) is 16.3. The predicted octanol–water partition coefficient (Wildman–Crippen LogP) is 1.81. The van der Waals surface area contributed by atoms with Crippen LogP contribution in [-0.2, 0) is 4.79 Å². The lowest BCUT2D eigenvalue weighted by Crippen LogP contribution is -2.41. The Balaban J connectivity index is 1.40. The lowest BCUT2D eigenvalue weighted by atomic mass is 10.1. The molecule has 4 heterocycles. The van der Waals surface area contributed by atoms with E-state index in [9.17, 15) is 4.79 Å². The molecule has 0 saturated carbocycles. The highest BCUT2D eigenvalue weighted by molar-refractivity contribution is 7.20. The summed E-state index contributed by atoms with van der Waals surface area (Å²) in [6.45, 7) is 1.70. The number of piperidine rings is 1. The summed E-state index contributed by atoms with van der Waals surface area (Å²) < 4.78 is 1.79. The van der Waals surface area contributed by atoms with Crippen LogP contribution in [0.3, 0.4) is 0 Å². The van der Waals surface area contributed by atoms with Crippen LogP contribution in [-0.4, -0.2) is 61.2 Å². The van der Waals surface area contributed by atoms with E-state index in [4.69, 9.17) is 5.11 Å². The van der Waals surface area contributed by atoms with E-state index in [0.717, 1.165) is 47.3 Å². The van der Waals surface area contributed by atoms with Crippen LogP contribution in [0.1, 0.15) is 12.8 Å². The number of hydrogen-bond acceptors (Lipinski definition) is 7. The number of fused-ring (bicyclic) bond motifs is 1. The van der Waals surface area contributed by atoms with Gasteiger partial charge in [0.1, 0.15) is 0 Å². The topological polar surface area (TPSA) is 95.7 Å². The maximum absolute atomic E-state index is 10.8. The first kappa shape index (κ1) is 16.0. The van der Waals surface area contributed by atoms with E-state index in [1.165, 1.54) is 11.3 Å². The van der Waals surface area contributed by atoms with Crippen molar-refractivity contribution in [1.82, 2.24) is 24.5 Å². The van der Waals surface area contributed by atoms with E-state index in [-0.39, 0.29) is 6.54 Å². The van der Waals surface area contributed by atoms with Gasteiger partial charge in [-0.05, 0) is 25.0 Å². The Labute approximate surface area is 148 Å². The maximum Gasteiger partial charge on any atom is 0.317 e. The minimum absolute atomic E-state index is 0.120. The van der Waals surface area contributed by atoms with E-state index >= 15 is 0 Å². The smallest absolute Gasteiger partial charge is 0.317 e. The summed E-state index contributed by atoms with van der Waals surface area (Å²) in [5.41, 5.74) is 1.83. The van der Waals surface area contributed by atoms with Gasteiger partial charge in [-0.2, -0.15) is 0 Å². The fourth-order valence-electron chi connectivity index (χ4n) is 3.01. The summed E-state index contributed by atoms with van der Waals surface area (Å²) in [5, 5.41) is 17.7. The van der Waals surface area contributed by atoms with Gasteiger partial charge in [0.15, 0.2) is 0 Å². The third-order valence-electron chi connectivity index (χ3n) is 4.27. The Bertz CT molecular complexity index is 838. The Kier molecular flexibility index (Phi) is 4.33. The molecule has 1 fully saturated rings. The largest absolute Gasteiger partial charge is 0.480 e. The zero-order valence-electron chi connectivity index (χ0n) is 13.5. The molecule has 2 N–H and O–H groups in total. The zero-order chi connectivity index (χ0) is 17.2. The monoisotopic (exact) mass is 358 g/mol. The molecule has 0 amide bonds. The van der Waals surface area contributed by atoms with Crippen molar-refractivity contribution >= 4 is 27.4 Å². The number of nitrogens with one attached hydrogen (secondary N) is 1. The first-order valence-corrected chi connectivity index (χ1v) is 8.96. The van der Waals surface area contributed by atoms with E-state index in [1.54, 1.807) is 16.9 Å². The SMILES string of the molecule is O=C(O)CN1CCC(Nc2nn3cc(-c4cccnc4)nc3s2)CC1. The average Bonchev–Trinajstić information content (AvgIpc) is 3.15. The van der Waals surface area contributed by atoms with Crippen molar-refractivity contribution in [2.24, 2.45) is 0 Å². The molecule has 8 nitrogen and oxygen atoms in total. The number of imidazole rings is 1. The number of likely N-dealkylation sites (tertiary alicyclic amines) is 1. The summed E-state index contributed by atoms with van der Waals surface area (Å²) in [6.07, 6.45) is 7.26. The van der Waals surface area contributed by atoms with Gasteiger partial charge in [-0.15, -0.1) is 5.10 Å². The lowest BCUT2D eigenvalue weighted by Gasteiger charge is -2.30. The van der Waals surface area contributed by atoms with Crippen LogP contribution in [0, 0.1) is 0 Å². The van der Waals surface area contributed by atoms with Crippen molar-refractivity contribution in [3.63, 3.8) is 0 Å². The molecule has 9 heteroatoms. The van der Waals surface area contributed by atoms with Crippen molar-refractivity contribution in [3.8, 4) is 11.3 Å². The molecule has 25 heavy (non-hydrogen) atoms. The molecule has 0 aromatic carbocycles. The minimum atomic E-state index is -0.767. The van der Waals surface area contributed by atoms with Crippen LogP contribution in [0.15, 0.2) is 30.7 Å². The molecule has 3 aromatic heterocycles. The number of hydrogen-bond donors (Lipinski definition) is 2. The molecule has 1 saturated heterocycles. The van der Waals surface area contributed by atoms with Crippen molar-refractivity contribution in [3.05, 3.63) is 30.7 Å². The number of pyridine rings is 1. The van der Waals surface area contributed by atoms with Crippen LogP contribution in [0.4, 0.5) is 5.13 Å². The Hall–Kier alpha value is -2.52. The van der Waals surface area contributed by atoms with Gasteiger partial charge in [-0.3, -0.25) is 14.7 Å². The molecule has 0 unspecified atom stereocenters. The predicted molar refractivity (Wildman–Crippen MR) is 94.8 cm³/mol. The Morgan fingerprint density at radius 1 is 1.40 bits per heavy atom. The van der Waals surface area contributed by atoms with E-state index in [0.29, 0.717) is 6.04 Å². The standard InChI is InChI=1S/C16H18N6O2S/c23-14(24)10-21-6-3-12(4-7-21)18-15-20-22-9-13(19-16(22)25-15)11-2-1-5-17-8-11/h1-2,5,8-9,12H,3-4,6-7,10H2,(H,18,20)(H,23,24). The van der Waals surface area contributed by atoms with Gasteiger partial charge in [0.2, 0.25) is 10.1 Å². The summed E-state index contributed by atoms with van der Waals surface area (Å²) >= 11 is 1.52. The van der Waals surface area contributed by atoms with Gasteiger partial charge in [0, 0.05) is 37.1 Å². The van der Waals surface area contributed by atoms with Crippen LogP contribution >= 0.6 is 11.3 Å². The highest BCUT2D eigenvalue weighted by atomic mass is 32.1. The second kappa shape index (κ2) is 6.77. The van der Waals surface area contributed by atoms with Crippen molar-refractivity contribution in [2.75, 3.05) is 25.0 Å². The minimum Gasteiger partial charge on any atom is -0.480 e. The molecular weight excluding hydrogens is 340 g/mol. The fraction of sp³-hybridized carbons (Fsp3) is 0.375. The van der Waals surface area contributed by atoms with Gasteiger partial charge < -0.3 is 10.4 Å². The van der Waals surface area contributed by atoms with Crippen LogP contribution < -0.4 is 5.32 Å². The second-order valence-electron chi connectivity index (χ2n) is 6.09. The van der Waals surface area contributed by atoms with Crippen molar-refractivity contribution in [1.29, 1.82) is 0 Å². The number of rotatable bonds is 5. The quantitative estimate of drug-likeness (QED) is 0.718. The molecule has 0 spiro atoms. The van der Waals surface area contributed by atoms with E-state index in [1.807, 2.05) is 23.2 Å². The molecule has 0 aliphatic carbocycles. The first-order chi connectivity index (χ1) is 12.2. The number of aliphatic carboxylic acids is 1. The maximum atomic E-state index is 10.8. The van der Waals surface area contributed by atoms with Crippen LogP contribution in [0.5, 0.6) is 0 Å². The van der Waals surface area contributed by atoms with Crippen LogP contribution in [0.25, 0.3) is 16.2 Å². The van der Waals surface area contributed by atoms with Gasteiger partial charge in [-0.25, -0.2) is 9.50 Å². The Morgan fingerprint density at radius 2 is 2.24 bits per heavy atom. The summed E-state index contributed by atoms with van der Waals surface area (Å²) in [4.78, 5) is 22.3. The number of carboxylic acids is 1. The molecule has 1 aliphatic rings.